The summed E-state index contributed by atoms with van der Waals surface area (Å²) in [6.45, 7) is -1.02. The molecule has 0 atom stereocenters. The zero-order valence-corrected chi connectivity index (χ0v) is 19.2. The Labute approximate surface area is 215 Å². The second kappa shape index (κ2) is 10.1. The monoisotopic (exact) mass is 588 g/mol. The van der Waals surface area contributed by atoms with Crippen LogP contribution in [0.4, 0.5) is 52.7 Å². The normalized spacial score (nSPS) is 13.5. The van der Waals surface area contributed by atoms with Crippen molar-refractivity contribution >= 4 is 22.6 Å². The fraction of sp³-hybridized carbons (Fsp3) is 0.261. The van der Waals surface area contributed by atoms with Crippen LogP contribution in [0.3, 0.4) is 0 Å². The highest BCUT2D eigenvalue weighted by Gasteiger charge is 2.39. The second-order valence-electron chi connectivity index (χ2n) is 8.25. The van der Waals surface area contributed by atoms with Gasteiger partial charge in [0.15, 0.2) is 0 Å². The molecule has 0 unspecified atom stereocenters. The minimum atomic E-state index is -5.30. The zero-order valence-electron chi connectivity index (χ0n) is 19.2. The molecule has 2 aromatic carbocycles. The summed E-state index contributed by atoms with van der Waals surface area (Å²) < 4.78 is 160. The first-order chi connectivity index (χ1) is 18.1. The van der Waals surface area contributed by atoms with Crippen molar-refractivity contribution in [1.29, 1.82) is 5.26 Å². The number of aliphatic imine (C=N–C) groups is 1. The van der Waals surface area contributed by atoms with Gasteiger partial charge in [0, 0.05) is 22.2 Å². The second-order valence-corrected chi connectivity index (χ2v) is 8.25. The Hall–Kier alpha value is -4.23. The SMILES string of the molecule is N#Cc1ccc2c(cc(CC(F)(F)F)n2CC(N)=NC(=O)c2cc(C(F)(F)F)cc(C(F)(F)F)c2)c1C(F)(F)F. The van der Waals surface area contributed by atoms with Crippen LogP contribution in [0.2, 0.25) is 0 Å². The van der Waals surface area contributed by atoms with Gasteiger partial charge in [0.1, 0.15) is 5.84 Å². The highest BCUT2D eigenvalue weighted by atomic mass is 19.4. The quantitative estimate of drug-likeness (QED) is 0.205. The number of benzene rings is 2. The molecule has 1 amide bonds. The summed E-state index contributed by atoms with van der Waals surface area (Å²) in [7, 11) is 0. The Bertz CT molecular complexity index is 1500. The number of rotatable bonds is 4. The van der Waals surface area contributed by atoms with E-state index < -0.39 is 93.8 Å². The van der Waals surface area contributed by atoms with E-state index in [0.29, 0.717) is 16.7 Å². The molecule has 0 fully saturated rings. The number of fused-ring (bicyclic) bond motifs is 1. The molecule has 0 radical (unpaired) electrons. The minimum absolute atomic E-state index is 0.0491. The summed E-state index contributed by atoms with van der Waals surface area (Å²) in [4.78, 5) is 15.6. The lowest BCUT2D eigenvalue weighted by Gasteiger charge is -2.14. The maximum Gasteiger partial charge on any atom is 0.418 e. The van der Waals surface area contributed by atoms with E-state index >= 15 is 0 Å². The van der Waals surface area contributed by atoms with E-state index in [0.717, 1.165) is 6.07 Å². The van der Waals surface area contributed by atoms with Crippen LogP contribution in [0, 0.1) is 11.3 Å². The van der Waals surface area contributed by atoms with Crippen molar-refractivity contribution in [3.05, 3.63) is 69.9 Å². The summed E-state index contributed by atoms with van der Waals surface area (Å²) >= 11 is 0. The number of hydrogen-bond donors (Lipinski definition) is 1. The van der Waals surface area contributed by atoms with Crippen LogP contribution in [0.15, 0.2) is 41.4 Å². The molecule has 1 aromatic heterocycles. The first-order valence-electron chi connectivity index (χ1n) is 10.5. The van der Waals surface area contributed by atoms with Gasteiger partial charge in [-0.2, -0.15) is 62.9 Å². The summed E-state index contributed by atoms with van der Waals surface area (Å²) in [5.41, 5.74) is -3.14. The molecule has 0 aliphatic rings. The van der Waals surface area contributed by atoms with Gasteiger partial charge in [-0.3, -0.25) is 4.79 Å². The number of nitrogens with zero attached hydrogens (tertiary/aromatic N) is 3. The van der Waals surface area contributed by atoms with Crippen molar-refractivity contribution in [2.24, 2.45) is 10.7 Å². The molecule has 3 rings (SSSR count). The van der Waals surface area contributed by atoms with E-state index in [1.165, 1.54) is 6.07 Å². The van der Waals surface area contributed by atoms with Gasteiger partial charge in [-0.1, -0.05) is 0 Å². The van der Waals surface area contributed by atoms with Gasteiger partial charge in [-0.25, -0.2) is 0 Å². The number of nitrogens with two attached hydrogens (primary N) is 1. The molecule has 0 aliphatic heterocycles. The van der Waals surface area contributed by atoms with Gasteiger partial charge < -0.3 is 10.3 Å². The smallest absolute Gasteiger partial charge is 0.386 e. The van der Waals surface area contributed by atoms with E-state index in [-0.39, 0.29) is 18.2 Å². The van der Waals surface area contributed by atoms with E-state index in [1.807, 2.05) is 0 Å². The maximum atomic E-state index is 13.7. The Morgan fingerprint density at radius 1 is 0.850 bits per heavy atom. The number of carbonyl (C=O) groups excluding carboxylic acids is 1. The van der Waals surface area contributed by atoms with Gasteiger partial charge in [-0.15, -0.1) is 0 Å². The number of amidine groups is 1. The highest BCUT2D eigenvalue weighted by Crippen LogP contribution is 2.40. The van der Waals surface area contributed by atoms with Crippen molar-refractivity contribution in [3.8, 4) is 6.07 Å². The molecule has 2 N–H and O–H groups in total. The topological polar surface area (TPSA) is 84.2 Å². The average Bonchev–Trinajstić information content (AvgIpc) is 3.10. The maximum absolute atomic E-state index is 13.7. The van der Waals surface area contributed by atoms with Crippen LogP contribution < -0.4 is 5.73 Å². The number of nitriles is 1. The molecule has 5 nitrogen and oxygen atoms in total. The minimum Gasteiger partial charge on any atom is -0.386 e. The van der Waals surface area contributed by atoms with Gasteiger partial charge >= 0.3 is 24.7 Å². The Balaban J connectivity index is 2.14. The molecule has 40 heavy (non-hydrogen) atoms. The van der Waals surface area contributed by atoms with Crippen molar-refractivity contribution in [3.63, 3.8) is 0 Å². The Morgan fingerprint density at radius 3 is 1.85 bits per heavy atom. The molecule has 3 aromatic rings. The Morgan fingerprint density at radius 2 is 1.40 bits per heavy atom. The number of amides is 1. The van der Waals surface area contributed by atoms with Crippen LogP contribution in [0.25, 0.3) is 10.9 Å². The fourth-order valence-electron chi connectivity index (χ4n) is 3.80. The van der Waals surface area contributed by atoms with Crippen LogP contribution in [-0.4, -0.2) is 22.5 Å². The molecule has 0 saturated carbocycles. The molecule has 214 valence electrons. The van der Waals surface area contributed by atoms with Crippen LogP contribution in [-0.2, 0) is 31.5 Å². The van der Waals surface area contributed by atoms with E-state index in [1.54, 1.807) is 0 Å². The van der Waals surface area contributed by atoms with E-state index in [2.05, 4.69) is 4.99 Å². The molecule has 0 bridgehead atoms. The largest absolute Gasteiger partial charge is 0.418 e. The molecule has 0 saturated heterocycles. The molecular formula is C23H12F12N4O. The summed E-state index contributed by atoms with van der Waals surface area (Å²) in [5, 5.41) is 8.22. The molecule has 1 heterocycles. The van der Waals surface area contributed by atoms with Gasteiger partial charge in [0.05, 0.1) is 41.3 Å². The van der Waals surface area contributed by atoms with Gasteiger partial charge in [-0.05, 0) is 36.4 Å². The fourth-order valence-corrected chi connectivity index (χ4v) is 3.80. The molecule has 0 aliphatic carbocycles. The standard InChI is InChI=1S/C23H12F12N4O/c24-20(25,26)7-14-6-15-16(2-1-10(8-36)18(15)23(33,34)35)39(14)9-17(37)38-19(40)11-3-12(21(27,28)29)5-13(4-11)22(30,31)32/h1-6H,7,9H2,(H2,37,38,40). The molecular weight excluding hydrogens is 576 g/mol. The van der Waals surface area contributed by atoms with Crippen molar-refractivity contribution < 1.29 is 57.5 Å². The third-order valence-electron chi connectivity index (χ3n) is 5.36. The zero-order chi connectivity index (χ0) is 30.4. The van der Waals surface area contributed by atoms with E-state index in [4.69, 9.17) is 11.0 Å². The van der Waals surface area contributed by atoms with Crippen LogP contribution >= 0.6 is 0 Å². The average molecular weight is 588 g/mol. The predicted molar refractivity (Wildman–Crippen MR) is 114 cm³/mol. The van der Waals surface area contributed by atoms with Crippen molar-refractivity contribution in [2.45, 2.75) is 37.7 Å². The van der Waals surface area contributed by atoms with E-state index in [9.17, 15) is 57.5 Å². The van der Waals surface area contributed by atoms with Crippen LogP contribution in [0.1, 0.15) is 38.3 Å². The number of aromatic nitrogens is 1. The van der Waals surface area contributed by atoms with Crippen LogP contribution in [0.5, 0.6) is 0 Å². The number of hydrogen-bond acceptors (Lipinski definition) is 2. The third kappa shape index (κ3) is 6.66. The third-order valence-corrected chi connectivity index (χ3v) is 5.36. The lowest BCUT2D eigenvalue weighted by Crippen LogP contribution is -2.24. The Kier molecular flexibility index (Phi) is 7.63. The summed E-state index contributed by atoms with van der Waals surface area (Å²) in [6.07, 6.45) is -22.6. The number of carbonyl (C=O) groups is 1. The van der Waals surface area contributed by atoms with Gasteiger partial charge in [0.25, 0.3) is 5.91 Å². The summed E-state index contributed by atoms with van der Waals surface area (Å²) in [6, 6.07) is 3.18. The molecule has 0 spiro atoms. The first kappa shape index (κ1) is 30.3. The predicted octanol–water partition coefficient (Wildman–Crippen LogP) is 6.87. The lowest BCUT2D eigenvalue weighted by atomic mass is 10.0. The first-order valence-corrected chi connectivity index (χ1v) is 10.5. The highest BCUT2D eigenvalue weighted by molar-refractivity contribution is 6.03. The van der Waals surface area contributed by atoms with Gasteiger partial charge in [0.2, 0.25) is 0 Å². The molecule has 17 heteroatoms. The number of alkyl halides is 12. The summed E-state index contributed by atoms with van der Waals surface area (Å²) in [5.74, 6) is -2.68. The number of halogens is 12. The van der Waals surface area contributed by atoms with Crippen molar-refractivity contribution in [2.75, 3.05) is 0 Å². The van der Waals surface area contributed by atoms with Crippen molar-refractivity contribution in [1.82, 2.24) is 4.57 Å². The lowest BCUT2D eigenvalue weighted by molar-refractivity contribution is -0.143.